The maximum atomic E-state index is 6.58. The Kier molecular flexibility index (Phi) is 10.9. The molecule has 0 saturated carbocycles. The molecular weight excluding hydrogens is 1280 g/mol. The standard InChI is InChI=1S/C102H61N3O/c1-102(2,3)69-37-40-91-84(55-69)88-51-68(49-86-82-43-57-19-7-8-20-58(57)52-93(82)105(91)100(86)88)60-32-34-62-54-94-83(47-66(62)42-60)87-50-67(48-85-81-45-64(36-39-90(81)104(94)99(85)87)97-74-24-11-9-22-72(74)96(56-17-5-4-6-18-56)73-23-10-12-25-75(73)97)59-31-33-61-53-92-80(46-65(61)41-59)77-28-16-27-76-79-44-63(35-38-89(79)103(92)98(76)77)70-26-15-29-78-71-21-13-14-30-95(71)106-101(70)78/h4-55H,1-3H3. The SMILES string of the molecule is CC(C)(C)c1ccc2c(c1)c1cc(-c3ccc4cc5c(cc4c3)c3cc(-c4ccc6cc7c(cc6c4)c4cccc6c8cc(-c9cccc%10c9oc9ccccc9%10)ccc8n7c64)cc4c6cc(-c7c8ccccc8c(-c8ccccc8)c8ccccc78)ccc6n5c43)cc3c4cc5ccccc5cc4n2c13. The van der Waals surface area contributed by atoms with Crippen molar-refractivity contribution in [3.8, 4) is 55.6 Å². The molecule has 106 heavy (non-hydrogen) atoms. The van der Waals surface area contributed by atoms with E-state index < -0.39 is 0 Å². The Balaban J connectivity index is 0.694. The highest BCUT2D eigenvalue weighted by molar-refractivity contribution is 6.31. The molecule has 0 radical (unpaired) electrons. The number of hydrogen-bond donors (Lipinski definition) is 0. The van der Waals surface area contributed by atoms with Crippen LogP contribution in [0.1, 0.15) is 26.3 Å². The van der Waals surface area contributed by atoms with E-state index in [2.05, 4.69) is 343 Å². The fourth-order valence-electron chi connectivity index (χ4n) is 19.6. The molecule has 0 aliphatic heterocycles. The molecule has 25 rings (SSSR count). The van der Waals surface area contributed by atoms with Gasteiger partial charge in [-0.1, -0.05) is 221 Å². The molecule has 0 saturated heterocycles. The van der Waals surface area contributed by atoms with Crippen molar-refractivity contribution in [3.63, 3.8) is 0 Å². The summed E-state index contributed by atoms with van der Waals surface area (Å²) in [6, 6.07) is 120. The lowest BCUT2D eigenvalue weighted by molar-refractivity contribution is 0.591. The molecule has 4 nitrogen and oxygen atoms in total. The minimum Gasteiger partial charge on any atom is -0.455 e. The lowest BCUT2D eigenvalue weighted by Crippen LogP contribution is -2.10. The summed E-state index contributed by atoms with van der Waals surface area (Å²) in [5, 5.41) is 29.8. The van der Waals surface area contributed by atoms with E-state index in [1.807, 2.05) is 6.07 Å². The molecule has 0 unspecified atom stereocenters. The Morgan fingerprint density at radius 1 is 0.217 bits per heavy atom. The molecule has 7 aromatic heterocycles. The van der Waals surface area contributed by atoms with Gasteiger partial charge in [0.05, 0.1) is 49.7 Å². The van der Waals surface area contributed by atoms with Crippen molar-refractivity contribution >= 4 is 190 Å². The summed E-state index contributed by atoms with van der Waals surface area (Å²) >= 11 is 0. The Bertz CT molecular complexity index is 8180. The van der Waals surface area contributed by atoms with Crippen LogP contribution >= 0.6 is 0 Å². The van der Waals surface area contributed by atoms with Gasteiger partial charge in [0, 0.05) is 81.0 Å². The third kappa shape index (κ3) is 7.56. The number of hydrogen-bond acceptors (Lipinski definition) is 1. The summed E-state index contributed by atoms with van der Waals surface area (Å²) < 4.78 is 14.2. The van der Waals surface area contributed by atoms with Crippen molar-refractivity contribution in [2.24, 2.45) is 0 Å². The van der Waals surface area contributed by atoms with E-state index in [1.54, 1.807) is 0 Å². The van der Waals surface area contributed by atoms with Crippen LogP contribution in [0.3, 0.4) is 0 Å². The zero-order chi connectivity index (χ0) is 69.3. The first-order chi connectivity index (χ1) is 52.2. The molecule has 0 N–H and O–H groups in total. The Hall–Kier alpha value is -13.5. The third-order valence-electron chi connectivity index (χ3n) is 24.4. The van der Waals surface area contributed by atoms with Crippen LogP contribution in [-0.4, -0.2) is 13.2 Å². The summed E-state index contributed by atoms with van der Waals surface area (Å²) in [5.41, 5.74) is 26.4. The van der Waals surface area contributed by atoms with Crippen LogP contribution in [0.5, 0.6) is 0 Å². The minimum atomic E-state index is 0.00139. The van der Waals surface area contributed by atoms with Crippen LogP contribution in [0.15, 0.2) is 320 Å². The third-order valence-corrected chi connectivity index (χ3v) is 24.4. The van der Waals surface area contributed by atoms with Crippen molar-refractivity contribution in [3.05, 3.63) is 321 Å². The van der Waals surface area contributed by atoms with E-state index in [9.17, 15) is 0 Å². The van der Waals surface area contributed by atoms with E-state index >= 15 is 0 Å². The van der Waals surface area contributed by atoms with Crippen LogP contribution in [0.2, 0.25) is 0 Å². The van der Waals surface area contributed by atoms with E-state index in [0.29, 0.717) is 0 Å². The van der Waals surface area contributed by atoms with Crippen LogP contribution < -0.4 is 0 Å². The average molecular weight is 1340 g/mol. The Labute approximate surface area is 606 Å². The predicted molar refractivity (Wildman–Crippen MR) is 451 cm³/mol. The van der Waals surface area contributed by atoms with Crippen LogP contribution in [0.4, 0.5) is 0 Å². The lowest BCUT2D eigenvalue weighted by Gasteiger charge is -2.19. The van der Waals surface area contributed by atoms with E-state index in [4.69, 9.17) is 4.42 Å². The maximum Gasteiger partial charge on any atom is 0.143 e. The fraction of sp³-hybridized carbons (Fsp3) is 0.0392. The first kappa shape index (κ1) is 57.0. The van der Waals surface area contributed by atoms with Gasteiger partial charge in [0.1, 0.15) is 11.2 Å². The molecular formula is C102H61N3O. The fourth-order valence-corrected chi connectivity index (χ4v) is 19.6. The number of para-hydroxylation sites is 3. The summed E-state index contributed by atoms with van der Waals surface area (Å²) in [4.78, 5) is 0. The first-order valence-corrected chi connectivity index (χ1v) is 37.1. The highest BCUT2D eigenvalue weighted by atomic mass is 16.3. The van der Waals surface area contributed by atoms with E-state index in [-0.39, 0.29) is 5.41 Å². The van der Waals surface area contributed by atoms with Gasteiger partial charge in [-0.25, -0.2) is 0 Å². The Morgan fingerprint density at radius 3 is 1.18 bits per heavy atom. The zero-order valence-corrected chi connectivity index (χ0v) is 58.3. The molecule has 18 aromatic carbocycles. The summed E-state index contributed by atoms with van der Waals surface area (Å²) in [5.74, 6) is 0. The average Bonchev–Trinajstić information content (AvgIpc) is 1.50. The van der Waals surface area contributed by atoms with Crippen molar-refractivity contribution in [2.75, 3.05) is 0 Å². The van der Waals surface area contributed by atoms with Gasteiger partial charge in [-0.15, -0.1) is 0 Å². The molecule has 0 amide bonds. The van der Waals surface area contributed by atoms with E-state index in [0.717, 1.165) is 33.1 Å². The van der Waals surface area contributed by atoms with Gasteiger partial charge >= 0.3 is 0 Å². The van der Waals surface area contributed by atoms with Crippen molar-refractivity contribution in [1.82, 2.24) is 13.2 Å². The van der Waals surface area contributed by atoms with Crippen LogP contribution in [-0.2, 0) is 5.41 Å². The Morgan fingerprint density at radius 2 is 0.604 bits per heavy atom. The number of benzene rings is 18. The second-order valence-corrected chi connectivity index (χ2v) is 31.1. The van der Waals surface area contributed by atoms with Gasteiger partial charge in [0.25, 0.3) is 0 Å². The van der Waals surface area contributed by atoms with Gasteiger partial charge in [0.2, 0.25) is 0 Å². The number of nitrogens with zero attached hydrogens (tertiary/aromatic N) is 3. The topological polar surface area (TPSA) is 26.4 Å². The number of furan rings is 1. The summed E-state index contributed by atoms with van der Waals surface area (Å²) in [6.45, 7) is 6.97. The van der Waals surface area contributed by atoms with Gasteiger partial charge < -0.3 is 17.6 Å². The minimum absolute atomic E-state index is 0.00139. The molecule has 0 fully saturated rings. The largest absolute Gasteiger partial charge is 0.455 e. The number of aromatic nitrogens is 3. The van der Waals surface area contributed by atoms with Crippen molar-refractivity contribution in [2.45, 2.75) is 26.2 Å². The molecule has 0 bridgehead atoms. The van der Waals surface area contributed by atoms with Crippen molar-refractivity contribution < 1.29 is 4.42 Å². The first-order valence-electron chi connectivity index (χ1n) is 37.1. The number of rotatable bonds is 5. The van der Waals surface area contributed by atoms with Crippen LogP contribution in [0.25, 0.3) is 246 Å². The normalized spacial score (nSPS) is 12.9. The molecule has 4 heteroatoms. The van der Waals surface area contributed by atoms with Gasteiger partial charge in [-0.2, -0.15) is 0 Å². The molecule has 490 valence electrons. The molecule has 0 atom stereocenters. The lowest BCUT2D eigenvalue weighted by atomic mass is 9.85. The smallest absolute Gasteiger partial charge is 0.143 e. The molecule has 25 aromatic rings. The highest BCUT2D eigenvalue weighted by Gasteiger charge is 2.27. The molecule has 0 aliphatic carbocycles. The number of fused-ring (bicyclic) bond motifs is 26. The molecule has 0 spiro atoms. The predicted octanol–water partition coefficient (Wildman–Crippen LogP) is 28.4. The van der Waals surface area contributed by atoms with Gasteiger partial charge in [0.15, 0.2) is 0 Å². The van der Waals surface area contributed by atoms with Gasteiger partial charge in [-0.05, 0) is 230 Å². The monoisotopic (exact) mass is 1340 g/mol. The zero-order valence-electron chi connectivity index (χ0n) is 58.3. The van der Waals surface area contributed by atoms with E-state index in [1.165, 1.54) is 218 Å². The second kappa shape index (κ2) is 20.2. The van der Waals surface area contributed by atoms with Crippen LogP contribution in [0, 0.1) is 0 Å². The van der Waals surface area contributed by atoms with Gasteiger partial charge in [-0.3, -0.25) is 0 Å². The molecule has 7 heterocycles. The van der Waals surface area contributed by atoms with Crippen molar-refractivity contribution in [1.29, 1.82) is 0 Å². The maximum absolute atomic E-state index is 6.58. The summed E-state index contributed by atoms with van der Waals surface area (Å²) in [7, 11) is 0. The highest BCUT2D eigenvalue weighted by Crippen LogP contribution is 2.51. The quantitative estimate of drug-likeness (QED) is 0.158. The summed E-state index contributed by atoms with van der Waals surface area (Å²) in [6.07, 6.45) is 0. The molecule has 0 aliphatic rings. The second-order valence-electron chi connectivity index (χ2n) is 31.1.